The van der Waals surface area contributed by atoms with Crippen molar-refractivity contribution >= 4 is 6.29 Å². The van der Waals surface area contributed by atoms with Gasteiger partial charge in [-0.2, -0.15) is 26.3 Å². The van der Waals surface area contributed by atoms with Crippen LogP contribution in [0.1, 0.15) is 32.6 Å². The first kappa shape index (κ1) is 19.0. The van der Waals surface area contributed by atoms with E-state index in [-0.39, 0.29) is 18.2 Å². The second-order valence-electron chi connectivity index (χ2n) is 5.27. The molecule has 2 aromatic carbocycles. The maximum Gasteiger partial charge on any atom is 0.416 e. The molecule has 0 aliphatic carbocycles. The summed E-state index contributed by atoms with van der Waals surface area (Å²) in [5, 5.41) is 0. The average molecular weight is 362 g/mol. The van der Waals surface area contributed by atoms with E-state index in [4.69, 9.17) is 4.74 Å². The van der Waals surface area contributed by atoms with E-state index >= 15 is 0 Å². The Balaban J connectivity index is 2.16. The Labute approximate surface area is 139 Å². The minimum absolute atomic E-state index is 0.0563. The van der Waals surface area contributed by atoms with Crippen molar-refractivity contribution in [3.63, 3.8) is 0 Å². The summed E-state index contributed by atoms with van der Waals surface area (Å²) in [5.74, 6) is 0. The number of rotatable bonds is 5. The lowest BCUT2D eigenvalue weighted by atomic mass is 10.1. The fraction of sp³-hybridized carbons (Fsp3) is 0.235. The number of hydrogen-bond donors (Lipinski definition) is 0. The van der Waals surface area contributed by atoms with E-state index in [0.717, 1.165) is 0 Å². The van der Waals surface area contributed by atoms with Crippen LogP contribution in [-0.2, 0) is 30.3 Å². The molecule has 2 rings (SSSR count). The maximum atomic E-state index is 12.8. The summed E-state index contributed by atoms with van der Waals surface area (Å²) in [6.45, 7) is -0.488. The molecule has 0 fully saturated rings. The van der Waals surface area contributed by atoms with Gasteiger partial charge in [-0.15, -0.1) is 0 Å². The molecule has 0 saturated heterocycles. The van der Waals surface area contributed by atoms with Gasteiger partial charge >= 0.3 is 12.4 Å². The van der Waals surface area contributed by atoms with Gasteiger partial charge in [0.1, 0.15) is 6.29 Å². The summed E-state index contributed by atoms with van der Waals surface area (Å²) < 4.78 is 81.8. The molecule has 0 aliphatic heterocycles. The van der Waals surface area contributed by atoms with E-state index in [0.29, 0.717) is 29.5 Å². The number of carbonyl (C=O) groups is 1. The molecular weight excluding hydrogens is 350 g/mol. The summed E-state index contributed by atoms with van der Waals surface area (Å²) in [6, 6.07) is 7.60. The molecule has 134 valence electrons. The predicted octanol–water partition coefficient (Wildman–Crippen LogP) is 5.25. The normalized spacial score (nSPS) is 12.2. The van der Waals surface area contributed by atoms with Crippen molar-refractivity contribution in [2.24, 2.45) is 0 Å². The minimum Gasteiger partial charge on any atom is -0.372 e. The lowest BCUT2D eigenvalue weighted by molar-refractivity contribution is -0.143. The number of hydrogen-bond acceptors (Lipinski definition) is 2. The average Bonchev–Trinajstić information content (AvgIpc) is 2.53. The second kappa shape index (κ2) is 7.26. The van der Waals surface area contributed by atoms with Crippen LogP contribution < -0.4 is 0 Å². The van der Waals surface area contributed by atoms with Crippen LogP contribution >= 0.6 is 0 Å². The fourth-order valence-electron chi connectivity index (χ4n) is 2.15. The Bertz CT molecular complexity index is 717. The number of ether oxygens (including phenoxy) is 1. The summed E-state index contributed by atoms with van der Waals surface area (Å²) >= 11 is 0. The Morgan fingerprint density at radius 1 is 0.800 bits per heavy atom. The fourth-order valence-corrected chi connectivity index (χ4v) is 2.15. The monoisotopic (exact) mass is 362 g/mol. The molecule has 2 nitrogen and oxygen atoms in total. The van der Waals surface area contributed by atoms with E-state index < -0.39 is 30.1 Å². The van der Waals surface area contributed by atoms with Crippen LogP contribution in [0.25, 0.3) is 0 Å². The quantitative estimate of drug-likeness (QED) is 0.536. The molecule has 0 spiro atoms. The summed E-state index contributed by atoms with van der Waals surface area (Å²) in [5.41, 5.74) is -2.05. The molecule has 0 radical (unpaired) electrons. The molecule has 0 N–H and O–H groups in total. The summed E-state index contributed by atoms with van der Waals surface area (Å²) in [6.07, 6.45) is -9.17. The molecule has 0 atom stereocenters. The topological polar surface area (TPSA) is 26.3 Å². The van der Waals surface area contributed by atoms with Crippen LogP contribution in [0, 0.1) is 0 Å². The van der Waals surface area contributed by atoms with Crippen molar-refractivity contribution in [2.45, 2.75) is 25.6 Å². The highest BCUT2D eigenvalue weighted by Gasteiger charge is 2.36. The third-order valence-electron chi connectivity index (χ3n) is 3.27. The van der Waals surface area contributed by atoms with Crippen molar-refractivity contribution in [3.05, 3.63) is 70.3 Å². The van der Waals surface area contributed by atoms with Gasteiger partial charge in [0.15, 0.2) is 0 Å². The molecule has 0 aliphatic rings. The van der Waals surface area contributed by atoms with E-state index in [1.807, 2.05) is 0 Å². The first-order valence-corrected chi connectivity index (χ1v) is 7.00. The zero-order valence-electron chi connectivity index (χ0n) is 12.6. The van der Waals surface area contributed by atoms with Gasteiger partial charge in [0.25, 0.3) is 0 Å². The Hall–Kier alpha value is -2.35. The standard InChI is InChI=1S/C17H12F6O2/c18-16(19,20)14-5-13(6-15(7-14)17(21,22)23)10-25-9-12-3-1-2-11(4-12)8-24/h1-8H,9-10H2. The first-order valence-electron chi connectivity index (χ1n) is 7.00. The van der Waals surface area contributed by atoms with Gasteiger partial charge in [0.05, 0.1) is 24.3 Å². The number of halogens is 6. The van der Waals surface area contributed by atoms with Crippen LogP contribution in [0.2, 0.25) is 0 Å². The van der Waals surface area contributed by atoms with Crippen LogP contribution in [0.15, 0.2) is 42.5 Å². The molecule has 0 saturated carbocycles. The lowest BCUT2D eigenvalue weighted by Crippen LogP contribution is -2.12. The van der Waals surface area contributed by atoms with Crippen LogP contribution in [0.3, 0.4) is 0 Å². The largest absolute Gasteiger partial charge is 0.416 e. The van der Waals surface area contributed by atoms with Crippen LogP contribution in [-0.4, -0.2) is 6.29 Å². The lowest BCUT2D eigenvalue weighted by Gasteiger charge is -2.14. The van der Waals surface area contributed by atoms with Crippen molar-refractivity contribution in [2.75, 3.05) is 0 Å². The van der Waals surface area contributed by atoms with Crippen molar-refractivity contribution in [1.29, 1.82) is 0 Å². The zero-order chi connectivity index (χ0) is 18.7. The van der Waals surface area contributed by atoms with Gasteiger partial charge in [0.2, 0.25) is 0 Å². The van der Waals surface area contributed by atoms with Gasteiger partial charge in [-0.05, 0) is 35.4 Å². The minimum atomic E-state index is -4.89. The third kappa shape index (κ3) is 5.32. The van der Waals surface area contributed by atoms with Crippen molar-refractivity contribution < 1.29 is 35.9 Å². The van der Waals surface area contributed by atoms with Gasteiger partial charge in [-0.3, -0.25) is 4.79 Å². The summed E-state index contributed by atoms with van der Waals surface area (Å²) in [4.78, 5) is 10.7. The molecule has 0 bridgehead atoms. The molecule has 8 heteroatoms. The van der Waals surface area contributed by atoms with Crippen LogP contribution in [0.4, 0.5) is 26.3 Å². The Morgan fingerprint density at radius 2 is 1.36 bits per heavy atom. The van der Waals surface area contributed by atoms with Gasteiger partial charge in [-0.1, -0.05) is 18.2 Å². The highest BCUT2D eigenvalue weighted by atomic mass is 19.4. The Kier molecular flexibility index (Phi) is 5.52. The maximum absolute atomic E-state index is 12.8. The number of carbonyl (C=O) groups excluding carboxylic acids is 1. The van der Waals surface area contributed by atoms with E-state index in [1.54, 1.807) is 18.2 Å². The SMILES string of the molecule is O=Cc1cccc(COCc2cc(C(F)(F)F)cc(C(F)(F)F)c2)c1. The molecule has 0 unspecified atom stereocenters. The Morgan fingerprint density at radius 3 is 1.88 bits per heavy atom. The molecule has 0 amide bonds. The van der Waals surface area contributed by atoms with Gasteiger partial charge in [-0.25, -0.2) is 0 Å². The third-order valence-corrected chi connectivity index (χ3v) is 3.27. The van der Waals surface area contributed by atoms with Gasteiger partial charge in [0, 0.05) is 5.56 Å². The molecular formula is C17H12F6O2. The molecule has 2 aromatic rings. The predicted molar refractivity (Wildman–Crippen MR) is 76.8 cm³/mol. The van der Waals surface area contributed by atoms with Crippen molar-refractivity contribution in [1.82, 2.24) is 0 Å². The van der Waals surface area contributed by atoms with Gasteiger partial charge < -0.3 is 4.74 Å². The molecule has 0 aromatic heterocycles. The number of benzene rings is 2. The van der Waals surface area contributed by atoms with E-state index in [9.17, 15) is 31.1 Å². The molecule has 0 heterocycles. The smallest absolute Gasteiger partial charge is 0.372 e. The second-order valence-corrected chi connectivity index (χ2v) is 5.27. The number of aldehydes is 1. The molecule has 25 heavy (non-hydrogen) atoms. The van der Waals surface area contributed by atoms with Crippen molar-refractivity contribution in [3.8, 4) is 0 Å². The zero-order valence-corrected chi connectivity index (χ0v) is 12.6. The van der Waals surface area contributed by atoms with E-state index in [1.165, 1.54) is 6.07 Å². The summed E-state index contributed by atoms with van der Waals surface area (Å²) in [7, 11) is 0. The van der Waals surface area contributed by atoms with Crippen LogP contribution in [0.5, 0.6) is 0 Å². The highest BCUT2D eigenvalue weighted by Crippen LogP contribution is 2.36. The van der Waals surface area contributed by atoms with E-state index in [2.05, 4.69) is 0 Å². The number of alkyl halides is 6. The first-order chi connectivity index (χ1) is 11.6. The highest BCUT2D eigenvalue weighted by molar-refractivity contribution is 5.74.